The van der Waals surface area contributed by atoms with Crippen molar-refractivity contribution in [2.75, 3.05) is 0 Å². The van der Waals surface area contributed by atoms with Gasteiger partial charge in [-0.3, -0.25) is 0 Å². The lowest BCUT2D eigenvalue weighted by Gasteiger charge is -2.16. The third-order valence-electron chi connectivity index (χ3n) is 3.58. The Morgan fingerprint density at radius 1 is 0.708 bits per heavy atom. The van der Waals surface area contributed by atoms with Crippen LogP contribution >= 0.6 is 0 Å². The predicted molar refractivity (Wildman–Crippen MR) is 93.9 cm³/mol. The molecule has 130 valence electrons. The lowest BCUT2D eigenvalue weighted by Crippen LogP contribution is -2.17. The van der Waals surface area contributed by atoms with E-state index >= 15 is 0 Å². The molecule has 0 N–H and O–H groups in total. The van der Waals surface area contributed by atoms with E-state index in [0.29, 0.717) is 11.5 Å². The van der Waals surface area contributed by atoms with Gasteiger partial charge in [-0.15, -0.1) is 0 Å². The molecular weight excluding hydrogens is 304 g/mol. The van der Waals surface area contributed by atoms with Crippen LogP contribution in [0.1, 0.15) is 37.8 Å². The highest BCUT2D eigenvalue weighted by Gasteiger charge is 2.10. The summed E-state index contributed by atoms with van der Waals surface area (Å²) in [6, 6.07) is 15.5. The van der Waals surface area contributed by atoms with Crippen LogP contribution in [0.3, 0.4) is 0 Å². The summed E-state index contributed by atoms with van der Waals surface area (Å²) in [5.41, 5.74) is 2.28. The highest BCUT2D eigenvalue weighted by atomic mass is 17.2. The summed E-state index contributed by atoms with van der Waals surface area (Å²) in [6.07, 6.45) is 1.56. The minimum absolute atomic E-state index is 0.0319. The number of benzene rings is 2. The van der Waals surface area contributed by atoms with E-state index in [1.165, 1.54) is 0 Å². The molecule has 4 nitrogen and oxygen atoms in total. The fourth-order valence-electron chi connectivity index (χ4n) is 2.18. The van der Waals surface area contributed by atoms with Crippen molar-refractivity contribution in [1.82, 2.24) is 0 Å². The standard InChI is InChI=1S/C20H26O4/c1-15-7-5-9-19(13-15)23-21-17(3)11-12-18(4)22-24-20-10-6-8-16(2)14-20/h5-10,13-14,17-18H,11-12H2,1-4H3. The zero-order valence-corrected chi connectivity index (χ0v) is 14.8. The summed E-state index contributed by atoms with van der Waals surface area (Å²) >= 11 is 0. The normalized spacial score (nSPS) is 13.3. The average molecular weight is 330 g/mol. The van der Waals surface area contributed by atoms with E-state index in [4.69, 9.17) is 19.6 Å². The Labute approximate surface area is 144 Å². The van der Waals surface area contributed by atoms with Gasteiger partial charge in [-0.2, -0.15) is 9.78 Å². The van der Waals surface area contributed by atoms with Crippen LogP contribution in [0, 0.1) is 13.8 Å². The summed E-state index contributed by atoms with van der Waals surface area (Å²) in [6.45, 7) is 7.99. The van der Waals surface area contributed by atoms with E-state index in [1.54, 1.807) is 0 Å². The second-order valence-electron chi connectivity index (χ2n) is 6.19. The zero-order valence-electron chi connectivity index (χ0n) is 14.8. The predicted octanol–water partition coefficient (Wildman–Crippen LogP) is 5.18. The molecule has 0 radical (unpaired) electrons. The molecule has 2 unspecified atom stereocenters. The maximum atomic E-state index is 5.42. The second kappa shape index (κ2) is 9.30. The highest BCUT2D eigenvalue weighted by molar-refractivity contribution is 5.27. The molecule has 2 atom stereocenters. The molecule has 0 saturated heterocycles. The molecule has 0 saturated carbocycles. The highest BCUT2D eigenvalue weighted by Crippen LogP contribution is 2.17. The van der Waals surface area contributed by atoms with E-state index in [9.17, 15) is 0 Å². The molecule has 0 aliphatic carbocycles. The van der Waals surface area contributed by atoms with Crippen LogP contribution in [0.25, 0.3) is 0 Å². The smallest absolute Gasteiger partial charge is 0.165 e. The molecule has 0 heterocycles. The monoisotopic (exact) mass is 330 g/mol. The summed E-state index contributed by atoms with van der Waals surface area (Å²) < 4.78 is 0. The van der Waals surface area contributed by atoms with Gasteiger partial charge < -0.3 is 9.78 Å². The molecule has 0 fully saturated rings. The number of hydrogen-bond donors (Lipinski definition) is 0. The van der Waals surface area contributed by atoms with Crippen molar-refractivity contribution >= 4 is 0 Å². The number of rotatable bonds is 9. The topological polar surface area (TPSA) is 36.9 Å². The van der Waals surface area contributed by atoms with Gasteiger partial charge in [0, 0.05) is 0 Å². The zero-order chi connectivity index (χ0) is 17.4. The molecule has 0 aliphatic heterocycles. The lowest BCUT2D eigenvalue weighted by molar-refractivity contribution is -0.256. The molecular formula is C20H26O4. The van der Waals surface area contributed by atoms with Gasteiger partial charge in [0.05, 0.1) is 0 Å². The Balaban J connectivity index is 1.64. The van der Waals surface area contributed by atoms with Crippen LogP contribution in [0.15, 0.2) is 48.5 Å². The quantitative estimate of drug-likeness (QED) is 0.469. The van der Waals surface area contributed by atoms with Crippen molar-refractivity contribution < 1.29 is 19.6 Å². The second-order valence-corrected chi connectivity index (χ2v) is 6.19. The van der Waals surface area contributed by atoms with Crippen molar-refractivity contribution in [3.8, 4) is 11.5 Å². The lowest BCUT2D eigenvalue weighted by atomic mass is 10.1. The average Bonchev–Trinajstić information content (AvgIpc) is 2.56. The molecule has 4 heteroatoms. The Hall–Kier alpha value is -2.04. The molecule has 0 aromatic heterocycles. The Morgan fingerprint density at radius 2 is 1.12 bits per heavy atom. The maximum Gasteiger partial charge on any atom is 0.165 e. The van der Waals surface area contributed by atoms with Gasteiger partial charge in [-0.1, -0.05) is 24.3 Å². The van der Waals surface area contributed by atoms with Crippen molar-refractivity contribution in [2.24, 2.45) is 0 Å². The fourth-order valence-corrected chi connectivity index (χ4v) is 2.18. The van der Waals surface area contributed by atoms with E-state index in [2.05, 4.69) is 0 Å². The van der Waals surface area contributed by atoms with Gasteiger partial charge in [0.1, 0.15) is 12.2 Å². The fraction of sp³-hybridized carbons (Fsp3) is 0.400. The summed E-state index contributed by atoms with van der Waals surface area (Å²) in [5, 5.41) is 0. The van der Waals surface area contributed by atoms with E-state index in [1.807, 2.05) is 76.2 Å². The molecule has 0 spiro atoms. The van der Waals surface area contributed by atoms with Crippen LogP contribution in [0.4, 0.5) is 0 Å². The van der Waals surface area contributed by atoms with Gasteiger partial charge in [0.15, 0.2) is 11.5 Å². The van der Waals surface area contributed by atoms with Crippen molar-refractivity contribution in [1.29, 1.82) is 0 Å². The first-order valence-corrected chi connectivity index (χ1v) is 8.33. The Bertz CT molecular complexity index is 571. The summed E-state index contributed by atoms with van der Waals surface area (Å²) in [5.74, 6) is 1.43. The van der Waals surface area contributed by atoms with Crippen LogP contribution in [0.5, 0.6) is 11.5 Å². The molecule has 0 bridgehead atoms. The first kappa shape index (κ1) is 18.3. The van der Waals surface area contributed by atoms with Gasteiger partial charge in [0.25, 0.3) is 0 Å². The van der Waals surface area contributed by atoms with Gasteiger partial charge in [-0.25, -0.2) is 0 Å². The third kappa shape index (κ3) is 6.60. The van der Waals surface area contributed by atoms with Gasteiger partial charge >= 0.3 is 0 Å². The van der Waals surface area contributed by atoms with Gasteiger partial charge in [-0.05, 0) is 75.9 Å². The molecule has 2 rings (SSSR count). The molecule has 0 aliphatic rings. The summed E-state index contributed by atoms with van der Waals surface area (Å²) in [4.78, 5) is 21.5. The molecule has 2 aromatic rings. The first-order chi connectivity index (χ1) is 11.5. The van der Waals surface area contributed by atoms with Crippen molar-refractivity contribution in [3.05, 3.63) is 59.7 Å². The molecule has 24 heavy (non-hydrogen) atoms. The summed E-state index contributed by atoms with van der Waals surface area (Å²) in [7, 11) is 0. The van der Waals surface area contributed by atoms with Crippen LogP contribution in [0.2, 0.25) is 0 Å². The Kier molecular flexibility index (Phi) is 7.09. The minimum atomic E-state index is -0.0319. The first-order valence-electron chi connectivity index (χ1n) is 8.33. The maximum absolute atomic E-state index is 5.42. The largest absolute Gasteiger partial charge is 0.337 e. The molecule has 0 amide bonds. The Morgan fingerprint density at radius 3 is 1.50 bits per heavy atom. The third-order valence-corrected chi connectivity index (χ3v) is 3.58. The van der Waals surface area contributed by atoms with Crippen LogP contribution in [-0.2, 0) is 9.78 Å². The van der Waals surface area contributed by atoms with Crippen LogP contribution in [-0.4, -0.2) is 12.2 Å². The van der Waals surface area contributed by atoms with Gasteiger partial charge in [0.2, 0.25) is 0 Å². The van der Waals surface area contributed by atoms with E-state index in [0.717, 1.165) is 24.0 Å². The van der Waals surface area contributed by atoms with E-state index in [-0.39, 0.29) is 12.2 Å². The van der Waals surface area contributed by atoms with E-state index < -0.39 is 0 Å². The number of hydrogen-bond acceptors (Lipinski definition) is 4. The SMILES string of the molecule is Cc1cccc(OOC(C)CCC(C)OOc2cccc(C)c2)c1. The number of aryl methyl sites for hydroxylation is 2. The van der Waals surface area contributed by atoms with Crippen molar-refractivity contribution in [3.63, 3.8) is 0 Å². The molecule has 2 aromatic carbocycles. The minimum Gasteiger partial charge on any atom is -0.337 e. The van der Waals surface area contributed by atoms with Crippen molar-refractivity contribution in [2.45, 2.75) is 52.7 Å². The van der Waals surface area contributed by atoms with Crippen LogP contribution < -0.4 is 9.78 Å².